The van der Waals surface area contributed by atoms with Crippen LogP contribution in [0.1, 0.15) is 61.3 Å². The normalized spacial score (nSPS) is 14.8. The Kier molecular flexibility index (Phi) is 7.98. The number of para-hydroxylation sites is 1. The number of carbonyl (C=O) groups is 1. The van der Waals surface area contributed by atoms with Crippen LogP contribution in [0.5, 0.6) is 17.2 Å². The number of aromatic amines is 1. The first-order valence-electron chi connectivity index (χ1n) is 11.2. The summed E-state index contributed by atoms with van der Waals surface area (Å²) >= 11 is 6.34. The van der Waals surface area contributed by atoms with Gasteiger partial charge in [0.2, 0.25) is 0 Å². The molecule has 0 saturated heterocycles. The fourth-order valence-electron chi connectivity index (χ4n) is 3.44. The summed E-state index contributed by atoms with van der Waals surface area (Å²) in [4.78, 5) is 12.9. The van der Waals surface area contributed by atoms with E-state index in [1.54, 1.807) is 42.7 Å². The number of hydrogen-bond donors (Lipinski definition) is 2. The van der Waals surface area contributed by atoms with Gasteiger partial charge in [-0.2, -0.15) is 0 Å². The Morgan fingerprint density at radius 3 is 3.00 bits per heavy atom. The highest BCUT2D eigenvalue weighted by molar-refractivity contribution is 6.32. The number of nitrogens with one attached hydrogen (secondary N) is 2. The average molecular weight is 484 g/mol. The van der Waals surface area contributed by atoms with Gasteiger partial charge in [0.05, 0.1) is 17.0 Å². The van der Waals surface area contributed by atoms with Gasteiger partial charge in [-0.05, 0) is 59.7 Å². The van der Waals surface area contributed by atoms with Crippen molar-refractivity contribution < 1.29 is 19.0 Å². The molecule has 9 nitrogen and oxygen atoms in total. The van der Waals surface area contributed by atoms with Crippen LogP contribution in [0, 0.1) is 0 Å². The predicted octanol–water partition coefficient (Wildman–Crippen LogP) is 5.48. The Balaban J connectivity index is 1.39. The Bertz CT molecular complexity index is 1140. The maximum atomic E-state index is 12.9. The number of hydrogen-bond acceptors (Lipinski definition) is 7. The van der Waals surface area contributed by atoms with Crippen LogP contribution >= 0.6 is 11.6 Å². The van der Waals surface area contributed by atoms with E-state index in [-0.39, 0.29) is 12.5 Å². The number of unbranched alkanes of at least 4 members (excludes halogenated alkanes) is 4. The molecule has 34 heavy (non-hydrogen) atoms. The van der Waals surface area contributed by atoms with E-state index in [1.165, 1.54) is 19.3 Å². The summed E-state index contributed by atoms with van der Waals surface area (Å²) in [5.74, 6) is 1.49. The van der Waals surface area contributed by atoms with E-state index in [2.05, 4.69) is 32.9 Å². The molecule has 0 fully saturated rings. The van der Waals surface area contributed by atoms with Crippen LogP contribution in [0.2, 0.25) is 5.02 Å². The highest BCUT2D eigenvalue weighted by Crippen LogP contribution is 2.41. The molecule has 2 aromatic carbocycles. The van der Waals surface area contributed by atoms with Crippen LogP contribution in [0.25, 0.3) is 0 Å². The van der Waals surface area contributed by atoms with E-state index in [1.807, 2.05) is 6.08 Å². The zero-order valence-corrected chi connectivity index (χ0v) is 19.5. The molecule has 3 aromatic rings. The largest absolute Gasteiger partial charge is 0.485 e. The van der Waals surface area contributed by atoms with Crippen LogP contribution < -0.4 is 19.5 Å². The van der Waals surface area contributed by atoms with Crippen molar-refractivity contribution in [2.75, 3.05) is 11.9 Å². The van der Waals surface area contributed by atoms with E-state index in [0.29, 0.717) is 39.3 Å². The van der Waals surface area contributed by atoms with Gasteiger partial charge in [-0.15, -0.1) is 5.10 Å². The monoisotopic (exact) mass is 483 g/mol. The van der Waals surface area contributed by atoms with Gasteiger partial charge in [-0.1, -0.05) is 43.9 Å². The molecule has 0 saturated carbocycles. The molecule has 1 amide bonds. The summed E-state index contributed by atoms with van der Waals surface area (Å²) in [6.07, 6.45) is 8.86. The van der Waals surface area contributed by atoms with E-state index < -0.39 is 6.10 Å². The molecule has 1 aromatic heterocycles. The molecule has 0 radical (unpaired) electrons. The first-order chi connectivity index (χ1) is 16.7. The smallest absolute Gasteiger partial charge is 0.255 e. The lowest BCUT2D eigenvalue weighted by molar-refractivity contribution is 0.0856. The lowest BCUT2D eigenvalue weighted by atomic mass is 10.1. The van der Waals surface area contributed by atoms with E-state index in [4.69, 9.17) is 25.8 Å². The zero-order valence-electron chi connectivity index (χ0n) is 18.8. The SMILES string of the molecule is CCCCCCC=COc1ccc(C(=O)Nc2cccc3c2OC(c2nnn[nH]2)CO3)cc1Cl. The van der Waals surface area contributed by atoms with Gasteiger partial charge in [0.15, 0.2) is 23.4 Å². The number of fused-ring (bicyclic) bond motifs is 1. The number of anilines is 1. The molecule has 1 unspecified atom stereocenters. The predicted molar refractivity (Wildman–Crippen MR) is 127 cm³/mol. The van der Waals surface area contributed by atoms with Crippen molar-refractivity contribution in [2.45, 2.75) is 45.1 Å². The molecule has 10 heteroatoms. The van der Waals surface area contributed by atoms with Crippen LogP contribution in [-0.4, -0.2) is 33.1 Å². The van der Waals surface area contributed by atoms with Crippen molar-refractivity contribution in [1.29, 1.82) is 0 Å². The molecule has 1 atom stereocenters. The number of nitrogens with zero attached hydrogens (tertiary/aromatic N) is 3. The second-order valence-electron chi connectivity index (χ2n) is 7.78. The maximum Gasteiger partial charge on any atom is 0.255 e. The van der Waals surface area contributed by atoms with Gasteiger partial charge in [-0.3, -0.25) is 4.79 Å². The van der Waals surface area contributed by atoms with Crippen molar-refractivity contribution in [3.63, 3.8) is 0 Å². The van der Waals surface area contributed by atoms with Crippen molar-refractivity contribution in [1.82, 2.24) is 20.6 Å². The number of carbonyl (C=O) groups excluding carboxylic acids is 1. The second kappa shape index (κ2) is 11.5. The third-order valence-electron chi connectivity index (χ3n) is 5.25. The zero-order chi connectivity index (χ0) is 23.8. The van der Waals surface area contributed by atoms with Gasteiger partial charge in [0.25, 0.3) is 5.91 Å². The molecular weight excluding hydrogens is 458 g/mol. The lowest BCUT2D eigenvalue weighted by Gasteiger charge is -2.26. The summed E-state index contributed by atoms with van der Waals surface area (Å²) in [5.41, 5.74) is 0.841. The quantitative estimate of drug-likeness (QED) is 0.290. The molecule has 4 rings (SSSR count). The van der Waals surface area contributed by atoms with Crippen molar-refractivity contribution in [3.05, 3.63) is 65.1 Å². The van der Waals surface area contributed by atoms with Crippen LogP contribution in [0.4, 0.5) is 5.69 Å². The van der Waals surface area contributed by atoms with Crippen LogP contribution in [-0.2, 0) is 0 Å². The standard InChI is InChI=1S/C24H26ClN5O4/c1-2-3-4-5-6-7-13-32-19-12-11-16(14-17(19)25)24(31)26-18-9-8-10-20-22(18)34-21(15-33-20)23-27-29-30-28-23/h7-14,21H,2-6,15H2,1H3,(H,26,31)(H,27,28,29,30). The number of halogens is 1. The number of benzene rings is 2. The van der Waals surface area contributed by atoms with Gasteiger partial charge >= 0.3 is 0 Å². The number of H-pyrrole nitrogens is 1. The van der Waals surface area contributed by atoms with Crippen molar-refractivity contribution in [3.8, 4) is 17.2 Å². The Hall–Kier alpha value is -3.59. The van der Waals surface area contributed by atoms with E-state index >= 15 is 0 Å². The van der Waals surface area contributed by atoms with Crippen LogP contribution in [0.15, 0.2) is 48.7 Å². The minimum atomic E-state index is -0.522. The fraction of sp³-hybridized carbons (Fsp3) is 0.333. The number of tetrazole rings is 1. The van der Waals surface area contributed by atoms with Crippen molar-refractivity contribution in [2.24, 2.45) is 0 Å². The van der Waals surface area contributed by atoms with Gasteiger partial charge in [0.1, 0.15) is 12.4 Å². The molecule has 1 aliphatic heterocycles. The fourth-order valence-corrected chi connectivity index (χ4v) is 3.66. The van der Waals surface area contributed by atoms with E-state index in [9.17, 15) is 4.79 Å². The number of allylic oxidation sites excluding steroid dienone is 1. The minimum absolute atomic E-state index is 0.242. The number of ether oxygens (including phenoxy) is 3. The first kappa shape index (κ1) is 23.6. The Morgan fingerprint density at radius 2 is 2.21 bits per heavy atom. The highest BCUT2D eigenvalue weighted by Gasteiger charge is 2.28. The van der Waals surface area contributed by atoms with Gasteiger partial charge < -0.3 is 19.5 Å². The van der Waals surface area contributed by atoms with Gasteiger partial charge in [-0.25, -0.2) is 5.10 Å². The molecular formula is C24H26ClN5O4. The summed E-state index contributed by atoms with van der Waals surface area (Å²) in [6, 6.07) is 10.2. The summed E-state index contributed by atoms with van der Waals surface area (Å²) in [6.45, 7) is 2.43. The molecule has 0 spiro atoms. The average Bonchev–Trinajstić information content (AvgIpc) is 3.39. The summed E-state index contributed by atoms with van der Waals surface area (Å²) in [7, 11) is 0. The first-order valence-corrected chi connectivity index (χ1v) is 11.6. The molecule has 2 N–H and O–H groups in total. The summed E-state index contributed by atoms with van der Waals surface area (Å²) in [5, 5.41) is 16.9. The topological polar surface area (TPSA) is 111 Å². The second-order valence-corrected chi connectivity index (χ2v) is 8.18. The molecule has 178 valence electrons. The molecule has 2 heterocycles. The van der Waals surface area contributed by atoms with Crippen molar-refractivity contribution >= 4 is 23.2 Å². The minimum Gasteiger partial charge on any atom is -0.485 e. The third-order valence-corrected chi connectivity index (χ3v) is 5.55. The lowest BCUT2D eigenvalue weighted by Crippen LogP contribution is -2.24. The number of aromatic nitrogens is 4. The molecule has 1 aliphatic rings. The Morgan fingerprint density at radius 1 is 1.29 bits per heavy atom. The summed E-state index contributed by atoms with van der Waals surface area (Å²) < 4.78 is 17.4. The Labute approximate surface area is 202 Å². The molecule has 0 bridgehead atoms. The van der Waals surface area contributed by atoms with Gasteiger partial charge in [0, 0.05) is 5.56 Å². The third kappa shape index (κ3) is 5.85. The maximum absolute atomic E-state index is 12.9. The van der Waals surface area contributed by atoms with Crippen LogP contribution in [0.3, 0.4) is 0 Å². The molecule has 0 aliphatic carbocycles. The van der Waals surface area contributed by atoms with E-state index in [0.717, 1.165) is 12.8 Å². The highest BCUT2D eigenvalue weighted by atomic mass is 35.5. The number of amides is 1. The number of rotatable bonds is 10.